The summed E-state index contributed by atoms with van der Waals surface area (Å²) in [5, 5.41) is 0.576. The van der Waals surface area contributed by atoms with Gasteiger partial charge in [0, 0.05) is 11.7 Å². The van der Waals surface area contributed by atoms with Gasteiger partial charge in [0.15, 0.2) is 5.16 Å². The minimum atomic E-state index is -0.0928. The van der Waals surface area contributed by atoms with E-state index in [0.717, 1.165) is 29.1 Å². The van der Waals surface area contributed by atoms with Gasteiger partial charge in [-0.05, 0) is 51.0 Å². The fourth-order valence-corrected chi connectivity index (χ4v) is 4.63. The highest BCUT2D eigenvalue weighted by atomic mass is 32.2. The molecule has 0 spiro atoms. The third kappa shape index (κ3) is 3.71. The first-order valence-electron chi connectivity index (χ1n) is 10.2. The van der Waals surface area contributed by atoms with Crippen LogP contribution in [0.15, 0.2) is 34.2 Å². The molecule has 0 radical (unpaired) electrons. The number of thioether (sulfide) groups is 1. The lowest BCUT2D eigenvalue weighted by Crippen LogP contribution is -2.39. The molecule has 0 saturated carbocycles. The molecule has 1 amide bonds. The van der Waals surface area contributed by atoms with Crippen LogP contribution in [0.25, 0.3) is 11.0 Å². The molecule has 1 aliphatic rings. The number of rotatable bonds is 5. The topological polar surface area (TPSA) is 80.2 Å². The quantitative estimate of drug-likeness (QED) is 0.495. The van der Waals surface area contributed by atoms with Gasteiger partial charge in [-0.1, -0.05) is 24.8 Å². The Kier molecular flexibility index (Phi) is 5.60. The second-order valence-electron chi connectivity index (χ2n) is 7.69. The van der Waals surface area contributed by atoms with Gasteiger partial charge in [0.1, 0.15) is 17.9 Å². The predicted molar refractivity (Wildman–Crippen MR) is 120 cm³/mol. The number of nitrogens with one attached hydrogen (secondary N) is 1. The fraction of sp³-hybridized carbons (Fsp3) is 0.409. The van der Waals surface area contributed by atoms with E-state index in [-0.39, 0.29) is 23.3 Å². The van der Waals surface area contributed by atoms with Crippen molar-refractivity contribution in [2.24, 2.45) is 0 Å². The highest BCUT2D eigenvalue weighted by Crippen LogP contribution is 2.33. The average Bonchev–Trinajstić information content (AvgIpc) is 3.11. The summed E-state index contributed by atoms with van der Waals surface area (Å²) in [6.07, 6.45) is 0.796. The number of ether oxygens (including phenoxy) is 1. The summed E-state index contributed by atoms with van der Waals surface area (Å²) >= 11 is 1.32. The summed E-state index contributed by atoms with van der Waals surface area (Å²) in [5.74, 6) is 0.903. The predicted octanol–water partition coefficient (Wildman–Crippen LogP) is 3.83. The van der Waals surface area contributed by atoms with Gasteiger partial charge in [0.05, 0.1) is 23.5 Å². The third-order valence-electron chi connectivity index (χ3n) is 5.42. The molecule has 8 heteroatoms. The second kappa shape index (κ2) is 8.18. The van der Waals surface area contributed by atoms with Crippen LogP contribution in [0.3, 0.4) is 0 Å². The van der Waals surface area contributed by atoms with Crippen LogP contribution >= 0.6 is 11.8 Å². The zero-order chi connectivity index (χ0) is 21.4. The van der Waals surface area contributed by atoms with Gasteiger partial charge in [-0.2, -0.15) is 0 Å². The molecular formula is C22H26N4O3S. The Balaban J connectivity index is 1.63. The van der Waals surface area contributed by atoms with Crippen molar-refractivity contribution in [2.45, 2.75) is 45.3 Å². The minimum absolute atomic E-state index is 0.0117. The van der Waals surface area contributed by atoms with Crippen LogP contribution in [0, 0.1) is 13.8 Å². The van der Waals surface area contributed by atoms with Gasteiger partial charge >= 0.3 is 0 Å². The number of amides is 1. The summed E-state index contributed by atoms with van der Waals surface area (Å²) in [5.41, 5.74) is 3.83. The molecule has 30 heavy (non-hydrogen) atoms. The first kappa shape index (κ1) is 20.5. The van der Waals surface area contributed by atoms with Gasteiger partial charge < -0.3 is 14.6 Å². The van der Waals surface area contributed by atoms with E-state index in [2.05, 4.69) is 4.98 Å². The summed E-state index contributed by atoms with van der Waals surface area (Å²) in [4.78, 5) is 35.7. The third-order valence-corrected chi connectivity index (χ3v) is 6.36. The zero-order valence-corrected chi connectivity index (χ0v) is 18.5. The number of carbonyl (C=O) groups excluding carboxylic acids is 1. The van der Waals surface area contributed by atoms with Crippen LogP contribution < -0.4 is 15.2 Å². The van der Waals surface area contributed by atoms with Crippen molar-refractivity contribution in [1.29, 1.82) is 0 Å². The van der Waals surface area contributed by atoms with Crippen LogP contribution in [-0.4, -0.2) is 39.3 Å². The number of fused-ring (bicyclic) bond motifs is 2. The summed E-state index contributed by atoms with van der Waals surface area (Å²) < 4.78 is 7.39. The van der Waals surface area contributed by atoms with E-state index < -0.39 is 0 Å². The van der Waals surface area contributed by atoms with E-state index in [0.29, 0.717) is 29.3 Å². The molecule has 0 fully saturated rings. The van der Waals surface area contributed by atoms with E-state index in [1.165, 1.54) is 11.8 Å². The molecule has 158 valence electrons. The van der Waals surface area contributed by atoms with Crippen molar-refractivity contribution in [3.05, 3.63) is 45.9 Å². The maximum absolute atomic E-state index is 13.1. The maximum atomic E-state index is 13.1. The molecule has 0 aliphatic carbocycles. The Morgan fingerprint density at radius 3 is 2.90 bits per heavy atom. The molecule has 1 unspecified atom stereocenters. The number of H-pyrrole nitrogens is 1. The second-order valence-corrected chi connectivity index (χ2v) is 8.64. The zero-order valence-electron chi connectivity index (χ0n) is 17.7. The number of aromatic amines is 1. The smallest absolute Gasteiger partial charge is 0.278 e. The van der Waals surface area contributed by atoms with Crippen molar-refractivity contribution in [3.63, 3.8) is 0 Å². The van der Waals surface area contributed by atoms with Gasteiger partial charge in [0.25, 0.3) is 5.56 Å². The summed E-state index contributed by atoms with van der Waals surface area (Å²) in [7, 11) is 0. The SMILES string of the molecule is CCC(C)n1c(SCC(=O)N2CCOc3ccc(C)cc32)nc2cc(C)[nH]c2c1=O. The molecule has 4 rings (SSSR count). The first-order chi connectivity index (χ1) is 14.4. The van der Waals surface area contributed by atoms with Crippen molar-refractivity contribution >= 4 is 34.4 Å². The van der Waals surface area contributed by atoms with Gasteiger partial charge in [-0.25, -0.2) is 4.98 Å². The molecule has 2 aromatic heterocycles. The molecule has 1 aliphatic heterocycles. The monoisotopic (exact) mass is 426 g/mol. The number of aryl methyl sites for hydroxylation is 2. The maximum Gasteiger partial charge on any atom is 0.278 e. The van der Waals surface area contributed by atoms with Crippen molar-refractivity contribution < 1.29 is 9.53 Å². The molecule has 7 nitrogen and oxygen atoms in total. The number of nitrogens with zero attached hydrogens (tertiary/aromatic N) is 3. The van der Waals surface area contributed by atoms with E-state index in [1.54, 1.807) is 9.47 Å². The first-order valence-corrected chi connectivity index (χ1v) is 11.2. The number of hydrogen-bond acceptors (Lipinski definition) is 5. The number of carbonyl (C=O) groups is 1. The van der Waals surface area contributed by atoms with Gasteiger partial charge in [-0.3, -0.25) is 14.2 Å². The molecule has 3 aromatic rings. The van der Waals surface area contributed by atoms with Crippen LogP contribution in [-0.2, 0) is 4.79 Å². The Bertz CT molecular complexity index is 1170. The molecule has 0 bridgehead atoms. The van der Waals surface area contributed by atoms with Gasteiger partial charge in [0.2, 0.25) is 5.91 Å². The summed E-state index contributed by atoms with van der Waals surface area (Å²) in [6, 6.07) is 7.71. The Morgan fingerprint density at radius 2 is 2.13 bits per heavy atom. The lowest BCUT2D eigenvalue weighted by atomic mass is 10.1. The summed E-state index contributed by atoms with van der Waals surface area (Å²) in [6.45, 7) is 8.91. The number of benzene rings is 1. The molecule has 0 saturated heterocycles. The normalized spacial score (nSPS) is 14.5. The minimum Gasteiger partial charge on any atom is -0.490 e. The van der Waals surface area contributed by atoms with E-state index >= 15 is 0 Å². The highest BCUT2D eigenvalue weighted by Gasteiger charge is 2.25. The van der Waals surface area contributed by atoms with Crippen molar-refractivity contribution in [1.82, 2.24) is 14.5 Å². The Hall–Kier alpha value is -2.74. The van der Waals surface area contributed by atoms with Crippen molar-refractivity contribution in [2.75, 3.05) is 23.8 Å². The fourth-order valence-electron chi connectivity index (χ4n) is 3.65. The van der Waals surface area contributed by atoms with Crippen LogP contribution in [0.2, 0.25) is 0 Å². The van der Waals surface area contributed by atoms with E-state index in [1.807, 2.05) is 52.0 Å². The van der Waals surface area contributed by atoms with Crippen molar-refractivity contribution in [3.8, 4) is 5.75 Å². The van der Waals surface area contributed by atoms with Crippen LogP contribution in [0.5, 0.6) is 5.75 Å². The lowest BCUT2D eigenvalue weighted by molar-refractivity contribution is -0.116. The lowest BCUT2D eigenvalue weighted by Gasteiger charge is -2.30. The largest absolute Gasteiger partial charge is 0.490 e. The van der Waals surface area contributed by atoms with E-state index in [9.17, 15) is 9.59 Å². The van der Waals surface area contributed by atoms with Crippen LogP contribution in [0.4, 0.5) is 5.69 Å². The Labute approximate surface area is 179 Å². The standard InChI is InChI=1S/C22H26N4O3S/c1-5-15(4)26-21(28)20-16(11-14(3)23-20)24-22(26)30-12-19(27)25-8-9-29-18-7-6-13(2)10-17(18)25/h6-7,10-11,15,23H,5,8-9,12H2,1-4H3. The molecule has 3 heterocycles. The molecule has 1 atom stereocenters. The number of aromatic nitrogens is 3. The number of hydrogen-bond donors (Lipinski definition) is 1. The molecule has 1 N–H and O–H groups in total. The highest BCUT2D eigenvalue weighted by molar-refractivity contribution is 7.99. The van der Waals surface area contributed by atoms with Crippen LogP contribution in [0.1, 0.15) is 37.6 Å². The van der Waals surface area contributed by atoms with Gasteiger partial charge in [-0.15, -0.1) is 0 Å². The van der Waals surface area contributed by atoms with E-state index in [4.69, 9.17) is 9.72 Å². The number of anilines is 1. The molecule has 1 aromatic carbocycles. The average molecular weight is 427 g/mol. The molecular weight excluding hydrogens is 400 g/mol. The Morgan fingerprint density at radius 1 is 1.33 bits per heavy atom.